The lowest BCUT2D eigenvalue weighted by Gasteiger charge is -2.25. The number of carbonyl (C=O) groups is 2. The second kappa shape index (κ2) is 17.0. The number of nitrogens with one attached hydrogen (secondary N) is 1. The molecule has 0 aliphatic rings. The lowest BCUT2D eigenvalue weighted by Crippen LogP contribution is -2.46. The Morgan fingerprint density at radius 2 is 1.70 bits per heavy atom. The van der Waals surface area contributed by atoms with Gasteiger partial charge in [0, 0.05) is 66.9 Å². The fourth-order valence-electron chi connectivity index (χ4n) is 4.82. The molecule has 0 saturated carbocycles. The molecule has 3 rings (SSSR count). The van der Waals surface area contributed by atoms with Crippen molar-refractivity contribution in [3.63, 3.8) is 0 Å². The van der Waals surface area contributed by atoms with Crippen LogP contribution in [-0.2, 0) is 24.1 Å². The predicted octanol–water partition coefficient (Wildman–Crippen LogP) is 5.75. The number of halogens is 2. The number of nitrogens with two attached hydrogens (primary N) is 1. The van der Waals surface area contributed by atoms with Crippen LogP contribution >= 0.6 is 11.3 Å². The molecule has 0 spiro atoms. The largest absolute Gasteiger partial charge is 0.456 e. The molecule has 0 aliphatic heterocycles. The summed E-state index contributed by atoms with van der Waals surface area (Å²) in [5.41, 5.74) is 7.61. The molecule has 0 radical (unpaired) electrons. The smallest absolute Gasteiger partial charge is 0.338 e. The lowest BCUT2D eigenvalue weighted by molar-refractivity contribution is 0.0238. The summed E-state index contributed by atoms with van der Waals surface area (Å²) in [5.74, 6) is 0.638. The number of benzene rings is 2. The second-order valence-electron chi connectivity index (χ2n) is 11.3. The van der Waals surface area contributed by atoms with Crippen LogP contribution in [0.1, 0.15) is 82.3 Å². The number of terminal acetylenes is 1. The van der Waals surface area contributed by atoms with Gasteiger partial charge in [-0.1, -0.05) is 33.6 Å². The van der Waals surface area contributed by atoms with Gasteiger partial charge < -0.3 is 20.7 Å². The van der Waals surface area contributed by atoms with Crippen molar-refractivity contribution in [2.75, 3.05) is 19.6 Å². The van der Waals surface area contributed by atoms with Gasteiger partial charge in [0.2, 0.25) is 0 Å². The van der Waals surface area contributed by atoms with Crippen molar-refractivity contribution in [1.82, 2.24) is 15.2 Å². The van der Waals surface area contributed by atoms with Crippen LogP contribution < -0.4 is 11.1 Å². The molecule has 44 heavy (non-hydrogen) atoms. The quantitative estimate of drug-likeness (QED) is 0.156. The van der Waals surface area contributed by atoms with E-state index in [9.17, 15) is 18.4 Å². The maximum atomic E-state index is 13.9. The van der Waals surface area contributed by atoms with Gasteiger partial charge in [0.15, 0.2) is 0 Å². The van der Waals surface area contributed by atoms with Gasteiger partial charge in [0.1, 0.15) is 17.7 Å². The summed E-state index contributed by atoms with van der Waals surface area (Å²) in [6.45, 7) is 10.1. The first-order valence-corrected chi connectivity index (χ1v) is 15.8. The molecule has 10 heteroatoms. The first-order chi connectivity index (χ1) is 21.0. The van der Waals surface area contributed by atoms with Crippen LogP contribution in [0, 0.1) is 29.9 Å². The molecule has 2 atom stereocenters. The van der Waals surface area contributed by atoms with E-state index < -0.39 is 29.7 Å². The van der Waals surface area contributed by atoms with E-state index in [1.165, 1.54) is 24.3 Å². The molecular weight excluding hydrogens is 582 g/mol. The summed E-state index contributed by atoms with van der Waals surface area (Å²) >= 11 is 1.60. The summed E-state index contributed by atoms with van der Waals surface area (Å²) in [5, 5.41) is 4.32. The van der Waals surface area contributed by atoms with Crippen LogP contribution in [0.4, 0.5) is 8.78 Å². The van der Waals surface area contributed by atoms with Gasteiger partial charge in [-0.3, -0.25) is 4.79 Å². The Labute approximate surface area is 263 Å². The van der Waals surface area contributed by atoms with Crippen molar-refractivity contribution >= 4 is 23.2 Å². The van der Waals surface area contributed by atoms with Crippen molar-refractivity contribution in [3.05, 3.63) is 86.4 Å². The molecule has 0 bridgehead atoms. The number of hydrogen-bond acceptors (Lipinski definition) is 7. The zero-order valence-electron chi connectivity index (χ0n) is 25.9. The molecule has 3 aromatic rings. The molecule has 3 N–H and O–H groups in total. The van der Waals surface area contributed by atoms with E-state index >= 15 is 0 Å². The van der Waals surface area contributed by atoms with Crippen LogP contribution in [0.3, 0.4) is 0 Å². The first-order valence-electron chi connectivity index (χ1n) is 15.0. The Balaban J connectivity index is 1.82. The van der Waals surface area contributed by atoms with Crippen LogP contribution in [-0.4, -0.2) is 53.5 Å². The molecule has 2 aromatic carbocycles. The number of carbonyl (C=O) groups excluding carboxylic acids is 2. The van der Waals surface area contributed by atoms with Gasteiger partial charge >= 0.3 is 5.97 Å². The minimum atomic E-state index is -0.873. The van der Waals surface area contributed by atoms with Crippen molar-refractivity contribution in [1.29, 1.82) is 0 Å². The average molecular weight is 625 g/mol. The molecule has 0 fully saturated rings. The highest BCUT2D eigenvalue weighted by molar-refractivity contribution is 7.11. The van der Waals surface area contributed by atoms with Gasteiger partial charge in [-0.25, -0.2) is 18.6 Å². The van der Waals surface area contributed by atoms with E-state index in [0.717, 1.165) is 35.2 Å². The minimum Gasteiger partial charge on any atom is -0.456 e. The summed E-state index contributed by atoms with van der Waals surface area (Å²) in [4.78, 5) is 34.0. The summed E-state index contributed by atoms with van der Waals surface area (Å²) in [6.07, 6.45) is 9.13. The highest BCUT2D eigenvalue weighted by atomic mass is 32.1. The maximum absolute atomic E-state index is 13.9. The van der Waals surface area contributed by atoms with Gasteiger partial charge in [-0.05, 0) is 61.1 Å². The SMILES string of the molecule is C#Cc1cc(C(=O)OC(CNCc2cnc(CC(C)C)s2)C(N)Cc2cc(F)cc(F)c2)cc(C(=O)N(CCC)CCC)c1. The Hall–Kier alpha value is -3.65. The Kier molecular flexibility index (Phi) is 13.5. The van der Waals surface area contributed by atoms with Gasteiger partial charge in [-0.2, -0.15) is 0 Å². The van der Waals surface area contributed by atoms with Crippen molar-refractivity contribution < 1.29 is 23.1 Å². The highest BCUT2D eigenvalue weighted by Crippen LogP contribution is 2.19. The number of hydrogen-bond donors (Lipinski definition) is 2. The van der Waals surface area contributed by atoms with Crippen molar-refractivity contribution in [2.24, 2.45) is 11.7 Å². The van der Waals surface area contributed by atoms with Crippen molar-refractivity contribution in [2.45, 2.75) is 72.1 Å². The first kappa shape index (κ1) is 34.8. The third-order valence-corrected chi connectivity index (χ3v) is 7.83. The van der Waals surface area contributed by atoms with Crippen LogP contribution in [0.15, 0.2) is 42.6 Å². The normalized spacial score (nSPS) is 12.5. The maximum Gasteiger partial charge on any atom is 0.338 e. The molecule has 1 heterocycles. The summed E-state index contributed by atoms with van der Waals surface area (Å²) < 4.78 is 33.7. The Morgan fingerprint density at radius 1 is 1.05 bits per heavy atom. The van der Waals surface area contributed by atoms with Crippen LogP contribution in [0.25, 0.3) is 0 Å². The number of rotatable bonds is 16. The van der Waals surface area contributed by atoms with E-state index in [0.29, 0.717) is 42.2 Å². The lowest BCUT2D eigenvalue weighted by atomic mass is 10.0. The third-order valence-electron chi connectivity index (χ3n) is 6.82. The molecular formula is C34H42F2N4O3S. The van der Waals surface area contributed by atoms with Crippen LogP contribution in [0.5, 0.6) is 0 Å². The fraction of sp³-hybridized carbons (Fsp3) is 0.441. The molecule has 1 amide bonds. The molecule has 0 saturated heterocycles. The van der Waals surface area contributed by atoms with E-state index in [1.54, 1.807) is 22.3 Å². The van der Waals surface area contributed by atoms with Gasteiger partial charge in [-0.15, -0.1) is 17.8 Å². The standard InChI is InChI=1S/C34H42F2N4O3S/c1-6-9-40(10-7-2)33(41)25-12-23(8-3)13-26(17-25)34(42)43-31(30(37)16-24-14-27(35)18-28(36)15-24)21-38-19-29-20-39-32(44-29)11-22(4)5/h3,12-15,17-18,20,22,30-31,38H,6-7,9-11,16,19,21,37H2,1-2,4-5H3. The Morgan fingerprint density at radius 3 is 2.32 bits per heavy atom. The number of esters is 1. The molecule has 1 aromatic heterocycles. The number of aromatic nitrogens is 1. The van der Waals surface area contributed by atoms with Crippen molar-refractivity contribution in [3.8, 4) is 12.3 Å². The fourth-order valence-corrected chi connectivity index (χ4v) is 5.92. The number of amides is 1. The molecule has 2 unspecified atom stereocenters. The van der Waals surface area contributed by atoms with E-state index in [-0.39, 0.29) is 24.4 Å². The summed E-state index contributed by atoms with van der Waals surface area (Å²) in [6, 6.07) is 6.96. The number of thiazole rings is 1. The topological polar surface area (TPSA) is 97.5 Å². The van der Waals surface area contributed by atoms with E-state index in [4.69, 9.17) is 16.9 Å². The molecule has 236 valence electrons. The molecule has 7 nitrogen and oxygen atoms in total. The predicted molar refractivity (Wildman–Crippen MR) is 170 cm³/mol. The third kappa shape index (κ3) is 10.5. The summed E-state index contributed by atoms with van der Waals surface area (Å²) in [7, 11) is 0. The Bertz CT molecular complexity index is 1430. The monoisotopic (exact) mass is 624 g/mol. The van der Waals surface area contributed by atoms with Gasteiger partial charge in [0.05, 0.1) is 10.6 Å². The van der Waals surface area contributed by atoms with E-state index in [2.05, 4.69) is 30.1 Å². The zero-order chi connectivity index (χ0) is 32.2. The number of ether oxygens (including phenoxy) is 1. The van der Waals surface area contributed by atoms with E-state index in [1.807, 2.05) is 20.0 Å². The second-order valence-corrected chi connectivity index (χ2v) is 12.5. The zero-order valence-corrected chi connectivity index (χ0v) is 26.7. The average Bonchev–Trinajstić information content (AvgIpc) is 3.41. The van der Waals surface area contributed by atoms with Gasteiger partial charge in [0.25, 0.3) is 5.91 Å². The number of nitrogens with zero attached hydrogens (tertiary/aromatic N) is 2. The van der Waals surface area contributed by atoms with Crippen LogP contribution in [0.2, 0.25) is 0 Å². The molecule has 0 aliphatic carbocycles. The highest BCUT2D eigenvalue weighted by Gasteiger charge is 2.25. The minimum absolute atomic E-state index is 0.0600.